The normalized spacial score (nSPS) is 31.0. The molecule has 2 atom stereocenters. The van der Waals surface area contributed by atoms with Crippen molar-refractivity contribution < 1.29 is 19.5 Å². The van der Waals surface area contributed by atoms with Crippen molar-refractivity contribution >= 4 is 17.8 Å². The highest BCUT2D eigenvalue weighted by molar-refractivity contribution is 5.99. The van der Waals surface area contributed by atoms with Gasteiger partial charge in [0.25, 0.3) is 0 Å². The molecule has 1 heterocycles. The Morgan fingerprint density at radius 1 is 1.10 bits per heavy atom. The second kappa shape index (κ2) is 5.54. The van der Waals surface area contributed by atoms with Crippen LogP contribution in [0.5, 0.6) is 0 Å². The van der Waals surface area contributed by atoms with Gasteiger partial charge in [-0.15, -0.1) is 0 Å². The highest BCUT2D eigenvalue weighted by Crippen LogP contribution is 2.36. The van der Waals surface area contributed by atoms with E-state index in [0.29, 0.717) is 25.7 Å². The topological polar surface area (TPSA) is 74.7 Å². The van der Waals surface area contributed by atoms with Crippen molar-refractivity contribution in [3.63, 3.8) is 0 Å². The van der Waals surface area contributed by atoms with Crippen LogP contribution >= 0.6 is 0 Å². The largest absolute Gasteiger partial charge is 0.481 e. The number of carbonyl (C=O) groups excluding carboxylic acids is 2. The zero-order chi connectivity index (χ0) is 14.9. The molecular formula is C15H23NO4. The predicted octanol–water partition coefficient (Wildman–Crippen LogP) is 2.20. The maximum Gasteiger partial charge on any atom is 0.308 e. The van der Waals surface area contributed by atoms with Crippen LogP contribution in [0.25, 0.3) is 0 Å². The Morgan fingerprint density at radius 3 is 2.20 bits per heavy atom. The van der Waals surface area contributed by atoms with Gasteiger partial charge < -0.3 is 5.11 Å². The second-order valence-electron chi connectivity index (χ2n) is 6.83. The molecule has 0 radical (unpaired) electrons. The number of hydrogen-bond acceptors (Lipinski definition) is 3. The summed E-state index contributed by atoms with van der Waals surface area (Å²) in [6.07, 6.45) is 4.53. The van der Waals surface area contributed by atoms with E-state index in [2.05, 4.69) is 0 Å². The van der Waals surface area contributed by atoms with E-state index in [0.717, 1.165) is 19.3 Å². The van der Waals surface area contributed by atoms with Gasteiger partial charge in [-0.3, -0.25) is 19.3 Å². The molecule has 1 aliphatic heterocycles. The summed E-state index contributed by atoms with van der Waals surface area (Å²) in [6.45, 7) is 3.81. The molecule has 0 spiro atoms. The molecule has 2 unspecified atom stereocenters. The van der Waals surface area contributed by atoms with Crippen LogP contribution in [0.2, 0.25) is 0 Å². The van der Waals surface area contributed by atoms with Crippen LogP contribution < -0.4 is 0 Å². The lowest BCUT2D eigenvalue weighted by molar-refractivity contribution is -0.159. The van der Waals surface area contributed by atoms with Gasteiger partial charge in [-0.05, 0) is 18.3 Å². The Bertz CT molecular complexity index is 410. The van der Waals surface area contributed by atoms with Gasteiger partial charge in [-0.1, -0.05) is 33.1 Å². The van der Waals surface area contributed by atoms with Crippen molar-refractivity contribution in [3.8, 4) is 0 Å². The molecule has 5 heteroatoms. The molecular weight excluding hydrogens is 258 g/mol. The summed E-state index contributed by atoms with van der Waals surface area (Å²) >= 11 is 0. The zero-order valence-corrected chi connectivity index (χ0v) is 12.2. The lowest BCUT2D eigenvalue weighted by atomic mass is 9.80. The van der Waals surface area contributed by atoms with Crippen LogP contribution in [-0.2, 0) is 14.4 Å². The molecule has 20 heavy (non-hydrogen) atoms. The summed E-state index contributed by atoms with van der Waals surface area (Å²) in [5.74, 6) is -1.90. The van der Waals surface area contributed by atoms with Gasteiger partial charge in [0.1, 0.15) is 0 Å². The summed E-state index contributed by atoms with van der Waals surface area (Å²) in [5, 5.41) is 9.39. The number of carboxylic acids is 1. The number of hydrogen-bond donors (Lipinski definition) is 1. The standard InChI is InChI=1S/C15H23NO4/c1-15(2)8-12(17)16(13(18)9-15)11-7-5-3-4-6-10(11)14(19)20/h10-11H,3-9H2,1-2H3,(H,19,20). The van der Waals surface area contributed by atoms with Gasteiger partial charge in [-0.25, -0.2) is 0 Å². The Labute approximate surface area is 119 Å². The van der Waals surface area contributed by atoms with Gasteiger partial charge in [0.05, 0.1) is 12.0 Å². The average molecular weight is 281 g/mol. The van der Waals surface area contributed by atoms with Crippen LogP contribution in [0, 0.1) is 11.3 Å². The maximum absolute atomic E-state index is 12.3. The lowest BCUT2D eigenvalue weighted by Gasteiger charge is -2.40. The van der Waals surface area contributed by atoms with Crippen molar-refractivity contribution in [2.24, 2.45) is 11.3 Å². The number of carboxylic acid groups (broad SMARTS) is 1. The van der Waals surface area contributed by atoms with E-state index < -0.39 is 17.9 Å². The highest BCUT2D eigenvalue weighted by Gasteiger charge is 2.44. The monoisotopic (exact) mass is 281 g/mol. The molecule has 1 saturated carbocycles. The van der Waals surface area contributed by atoms with E-state index in [4.69, 9.17) is 0 Å². The smallest absolute Gasteiger partial charge is 0.308 e. The molecule has 2 fully saturated rings. The van der Waals surface area contributed by atoms with E-state index in [1.54, 1.807) is 0 Å². The SMILES string of the molecule is CC1(C)CC(=O)N(C2CCCCCC2C(=O)O)C(=O)C1. The first kappa shape index (κ1) is 15.0. The fraction of sp³-hybridized carbons (Fsp3) is 0.800. The molecule has 0 aromatic heterocycles. The van der Waals surface area contributed by atoms with Crippen molar-refractivity contribution in [1.82, 2.24) is 4.90 Å². The van der Waals surface area contributed by atoms with Crippen LogP contribution in [0.15, 0.2) is 0 Å². The minimum atomic E-state index is -0.887. The molecule has 1 aliphatic carbocycles. The quantitative estimate of drug-likeness (QED) is 0.622. The summed E-state index contributed by atoms with van der Waals surface area (Å²) in [5.41, 5.74) is -0.311. The van der Waals surface area contributed by atoms with E-state index in [-0.39, 0.29) is 17.2 Å². The summed E-state index contributed by atoms with van der Waals surface area (Å²) in [4.78, 5) is 37.3. The number of nitrogens with zero attached hydrogens (tertiary/aromatic N) is 1. The Hall–Kier alpha value is -1.39. The van der Waals surface area contributed by atoms with Crippen LogP contribution in [0.4, 0.5) is 0 Å². The minimum Gasteiger partial charge on any atom is -0.481 e. The van der Waals surface area contributed by atoms with E-state index in [9.17, 15) is 19.5 Å². The van der Waals surface area contributed by atoms with Crippen molar-refractivity contribution in [2.75, 3.05) is 0 Å². The van der Waals surface area contributed by atoms with Crippen molar-refractivity contribution in [3.05, 3.63) is 0 Å². The molecule has 2 aliphatic rings. The molecule has 2 amide bonds. The summed E-state index contributed by atoms with van der Waals surface area (Å²) in [6, 6.07) is -0.453. The second-order valence-corrected chi connectivity index (χ2v) is 6.83. The summed E-state index contributed by atoms with van der Waals surface area (Å²) < 4.78 is 0. The zero-order valence-electron chi connectivity index (χ0n) is 12.2. The first-order chi connectivity index (χ1) is 9.32. The van der Waals surface area contributed by atoms with Gasteiger partial charge in [0, 0.05) is 12.8 Å². The fourth-order valence-electron chi connectivity index (χ4n) is 3.45. The Kier molecular flexibility index (Phi) is 4.16. The molecule has 112 valence electrons. The first-order valence-corrected chi connectivity index (χ1v) is 7.39. The maximum atomic E-state index is 12.3. The lowest BCUT2D eigenvalue weighted by Crippen LogP contribution is -2.54. The van der Waals surface area contributed by atoms with E-state index in [1.165, 1.54) is 4.90 Å². The molecule has 0 aromatic rings. The van der Waals surface area contributed by atoms with Crippen LogP contribution in [0.3, 0.4) is 0 Å². The molecule has 1 saturated heterocycles. The van der Waals surface area contributed by atoms with Gasteiger partial charge in [0.15, 0.2) is 0 Å². The molecule has 0 bridgehead atoms. The van der Waals surface area contributed by atoms with Gasteiger partial charge in [-0.2, -0.15) is 0 Å². The van der Waals surface area contributed by atoms with E-state index >= 15 is 0 Å². The van der Waals surface area contributed by atoms with E-state index in [1.807, 2.05) is 13.8 Å². The third-order valence-corrected chi connectivity index (χ3v) is 4.43. The third-order valence-electron chi connectivity index (χ3n) is 4.43. The van der Waals surface area contributed by atoms with Gasteiger partial charge in [0.2, 0.25) is 11.8 Å². The molecule has 5 nitrogen and oxygen atoms in total. The number of piperidine rings is 1. The van der Waals surface area contributed by atoms with Crippen LogP contribution in [0.1, 0.15) is 58.8 Å². The number of carbonyl (C=O) groups is 3. The number of rotatable bonds is 2. The first-order valence-electron chi connectivity index (χ1n) is 7.39. The summed E-state index contributed by atoms with van der Waals surface area (Å²) in [7, 11) is 0. The number of imide groups is 1. The minimum absolute atomic E-state index is 0.204. The highest BCUT2D eigenvalue weighted by atomic mass is 16.4. The van der Waals surface area contributed by atoms with Gasteiger partial charge >= 0.3 is 5.97 Å². The number of likely N-dealkylation sites (tertiary alicyclic amines) is 1. The number of aliphatic carboxylic acids is 1. The number of amides is 2. The molecule has 1 N–H and O–H groups in total. The van der Waals surface area contributed by atoms with Crippen LogP contribution in [-0.4, -0.2) is 33.8 Å². The predicted molar refractivity (Wildman–Crippen MR) is 72.9 cm³/mol. The average Bonchev–Trinajstić information content (AvgIpc) is 2.51. The Balaban J connectivity index is 2.25. The van der Waals surface area contributed by atoms with Crippen molar-refractivity contribution in [2.45, 2.75) is 64.8 Å². The Morgan fingerprint density at radius 2 is 1.65 bits per heavy atom. The molecule has 2 rings (SSSR count). The molecule has 0 aromatic carbocycles. The fourth-order valence-corrected chi connectivity index (χ4v) is 3.45. The third kappa shape index (κ3) is 3.02. The van der Waals surface area contributed by atoms with Crippen molar-refractivity contribution in [1.29, 1.82) is 0 Å².